The van der Waals surface area contributed by atoms with Gasteiger partial charge in [-0.2, -0.15) is 26.3 Å². The molecule has 3 rings (SSSR count). The Morgan fingerprint density at radius 1 is 1.12 bits per heavy atom. The highest BCUT2D eigenvalue weighted by molar-refractivity contribution is 5.73. The minimum absolute atomic E-state index is 0.385. The molecule has 1 atom stereocenters. The van der Waals surface area contributed by atoms with Crippen LogP contribution < -0.4 is 0 Å². The van der Waals surface area contributed by atoms with E-state index >= 15 is 0 Å². The first-order valence-corrected chi connectivity index (χ1v) is 10.0. The van der Waals surface area contributed by atoms with Crippen molar-refractivity contribution in [2.75, 3.05) is 40.4 Å². The quantitative estimate of drug-likeness (QED) is 0.605. The van der Waals surface area contributed by atoms with Crippen molar-refractivity contribution in [1.29, 1.82) is 0 Å². The van der Waals surface area contributed by atoms with Crippen molar-refractivity contribution >= 4 is 11.9 Å². The van der Waals surface area contributed by atoms with Crippen LogP contribution in [0.1, 0.15) is 18.5 Å². The molecule has 0 radical (unpaired) electrons. The Kier molecular flexibility index (Phi) is 10.7. The van der Waals surface area contributed by atoms with Crippen molar-refractivity contribution in [2.45, 2.75) is 37.3 Å². The first kappa shape index (κ1) is 29.6. The van der Waals surface area contributed by atoms with Gasteiger partial charge in [0.2, 0.25) is 0 Å². The molecule has 1 spiro atoms. The predicted molar refractivity (Wildman–Crippen MR) is 107 cm³/mol. The van der Waals surface area contributed by atoms with E-state index in [-0.39, 0.29) is 0 Å². The third kappa shape index (κ3) is 9.43. The van der Waals surface area contributed by atoms with Crippen LogP contribution in [0.4, 0.5) is 26.3 Å². The largest absolute Gasteiger partial charge is 0.490 e. The van der Waals surface area contributed by atoms with Gasteiger partial charge in [0.25, 0.3) is 0 Å². The van der Waals surface area contributed by atoms with Crippen molar-refractivity contribution in [2.24, 2.45) is 5.92 Å². The monoisotopic (exact) mass is 503 g/mol. The molecule has 1 aromatic rings. The minimum atomic E-state index is -5.08. The molecule has 2 N–H and O–H groups in total. The number of hydrogen-bond acceptors (Lipinski definition) is 6. The molecule has 0 amide bonds. The van der Waals surface area contributed by atoms with E-state index in [1.54, 1.807) is 0 Å². The minimum Gasteiger partial charge on any atom is -0.475 e. The van der Waals surface area contributed by atoms with Gasteiger partial charge in [-0.15, -0.1) is 0 Å². The van der Waals surface area contributed by atoms with Gasteiger partial charge in [-0.1, -0.05) is 6.07 Å². The Labute approximate surface area is 192 Å². The van der Waals surface area contributed by atoms with E-state index in [9.17, 15) is 26.3 Å². The molecule has 2 aliphatic heterocycles. The highest BCUT2D eigenvalue weighted by Crippen LogP contribution is 2.38. The molecule has 2 aliphatic rings. The summed E-state index contributed by atoms with van der Waals surface area (Å²) in [6.07, 6.45) is -5.74. The molecule has 34 heavy (non-hydrogen) atoms. The van der Waals surface area contributed by atoms with Gasteiger partial charge in [-0.3, -0.25) is 14.8 Å². The molecule has 1 unspecified atom stereocenters. The molecule has 0 bridgehead atoms. The number of carboxylic acids is 2. The van der Waals surface area contributed by atoms with Crippen molar-refractivity contribution < 1.29 is 50.9 Å². The number of alkyl halides is 6. The van der Waals surface area contributed by atoms with E-state index in [0.717, 1.165) is 19.1 Å². The second kappa shape index (κ2) is 12.3. The van der Waals surface area contributed by atoms with Crippen molar-refractivity contribution in [3.63, 3.8) is 0 Å². The zero-order chi connectivity index (χ0) is 26.2. The van der Waals surface area contributed by atoms with Gasteiger partial charge < -0.3 is 14.9 Å². The summed E-state index contributed by atoms with van der Waals surface area (Å²) in [5.74, 6) is -4.78. The third-order valence-corrected chi connectivity index (χ3v) is 5.39. The molecule has 2 fully saturated rings. The average molecular weight is 503 g/mol. The number of piperidine rings is 1. The Bertz CT molecular complexity index is 761. The number of aliphatic carboxylic acids is 2. The van der Waals surface area contributed by atoms with Crippen LogP contribution in [-0.2, 0) is 20.9 Å². The second-order valence-corrected chi connectivity index (χ2v) is 8.03. The second-order valence-electron chi connectivity index (χ2n) is 8.03. The molecule has 194 valence electrons. The van der Waals surface area contributed by atoms with E-state index in [0.29, 0.717) is 5.54 Å². The SMILES string of the molecule is COCC1CCN(C)C2(C1)CN(Cc1ccccn1)C2.O=C(O)C(F)(F)F.O=C(O)C(F)(F)F. The lowest BCUT2D eigenvalue weighted by atomic mass is 9.75. The van der Waals surface area contributed by atoms with Gasteiger partial charge in [0, 0.05) is 45.1 Å². The van der Waals surface area contributed by atoms with Crippen LogP contribution in [0.3, 0.4) is 0 Å². The number of halogens is 6. The number of nitrogens with zero attached hydrogens (tertiary/aromatic N) is 3. The Balaban J connectivity index is 0.000000343. The van der Waals surface area contributed by atoms with Gasteiger partial charge >= 0.3 is 24.3 Å². The molecular formula is C20H27F6N3O5. The van der Waals surface area contributed by atoms with E-state index in [1.165, 1.54) is 38.2 Å². The molecule has 3 heterocycles. The van der Waals surface area contributed by atoms with Gasteiger partial charge in [0.1, 0.15) is 0 Å². The third-order valence-electron chi connectivity index (χ3n) is 5.39. The highest BCUT2D eigenvalue weighted by Gasteiger charge is 2.49. The van der Waals surface area contributed by atoms with Crippen LogP contribution in [0.2, 0.25) is 0 Å². The normalized spacial score (nSPS) is 20.3. The van der Waals surface area contributed by atoms with Crippen LogP contribution in [0.5, 0.6) is 0 Å². The molecule has 1 aromatic heterocycles. The Morgan fingerprint density at radius 2 is 1.65 bits per heavy atom. The maximum Gasteiger partial charge on any atom is 0.490 e. The zero-order valence-electron chi connectivity index (χ0n) is 18.6. The van der Waals surface area contributed by atoms with Gasteiger partial charge in [-0.25, -0.2) is 9.59 Å². The summed E-state index contributed by atoms with van der Waals surface area (Å²) in [4.78, 5) is 27.3. The van der Waals surface area contributed by atoms with Crippen LogP contribution in [0.25, 0.3) is 0 Å². The molecule has 0 aromatic carbocycles. The van der Waals surface area contributed by atoms with E-state index in [1.807, 2.05) is 19.4 Å². The maximum atomic E-state index is 10.6. The van der Waals surface area contributed by atoms with Gasteiger partial charge in [0.15, 0.2) is 0 Å². The molecule has 0 aliphatic carbocycles. The highest BCUT2D eigenvalue weighted by atomic mass is 19.4. The lowest BCUT2D eigenvalue weighted by molar-refractivity contribution is -0.193. The number of carboxylic acid groups (broad SMARTS) is 2. The fourth-order valence-corrected chi connectivity index (χ4v) is 3.78. The summed E-state index contributed by atoms with van der Waals surface area (Å²) in [5.41, 5.74) is 1.56. The number of likely N-dealkylation sites (tertiary alicyclic amines) is 2. The number of carbonyl (C=O) groups is 2. The number of likely N-dealkylation sites (N-methyl/N-ethyl adjacent to an activating group) is 1. The number of pyridine rings is 1. The standard InChI is InChI=1S/C16H25N3O.2C2HF3O2/c1-18-8-6-14(11-20-2)9-16(18)12-19(13-16)10-15-5-3-4-7-17-15;2*3-2(4,5)1(6)7/h3-5,7,14H,6,8-13H2,1-2H3;2*(H,6,7). The fourth-order valence-electron chi connectivity index (χ4n) is 3.78. The summed E-state index contributed by atoms with van der Waals surface area (Å²) in [7, 11) is 4.10. The molecule has 8 nitrogen and oxygen atoms in total. The molecule has 2 saturated heterocycles. The summed E-state index contributed by atoms with van der Waals surface area (Å²) in [5, 5.41) is 14.2. The zero-order valence-corrected chi connectivity index (χ0v) is 18.6. The van der Waals surface area contributed by atoms with E-state index < -0.39 is 24.3 Å². The van der Waals surface area contributed by atoms with Gasteiger partial charge in [0.05, 0.1) is 5.69 Å². The fraction of sp³-hybridized carbons (Fsp3) is 0.650. The maximum absolute atomic E-state index is 10.6. The number of aromatic nitrogens is 1. The first-order chi connectivity index (χ1) is 15.6. The van der Waals surface area contributed by atoms with Crippen molar-refractivity contribution in [1.82, 2.24) is 14.8 Å². The van der Waals surface area contributed by atoms with Crippen LogP contribution >= 0.6 is 0 Å². The smallest absolute Gasteiger partial charge is 0.475 e. The average Bonchev–Trinajstić information content (AvgIpc) is 2.70. The van der Waals surface area contributed by atoms with Crippen LogP contribution in [-0.4, -0.2) is 95.2 Å². The molecule has 0 saturated carbocycles. The summed E-state index contributed by atoms with van der Waals surface area (Å²) in [6.45, 7) is 5.42. The van der Waals surface area contributed by atoms with Crippen molar-refractivity contribution in [3.8, 4) is 0 Å². The predicted octanol–water partition coefficient (Wildman–Crippen LogP) is 2.89. The lowest BCUT2D eigenvalue weighted by Gasteiger charge is -2.58. The Morgan fingerprint density at radius 3 is 2.06 bits per heavy atom. The Hall–Kier alpha value is -2.45. The molecule has 14 heteroatoms. The topological polar surface area (TPSA) is 103 Å². The number of hydrogen-bond donors (Lipinski definition) is 2. The van der Waals surface area contributed by atoms with Crippen molar-refractivity contribution in [3.05, 3.63) is 30.1 Å². The number of rotatable bonds is 4. The van der Waals surface area contributed by atoms with E-state index in [4.69, 9.17) is 24.5 Å². The van der Waals surface area contributed by atoms with Gasteiger partial charge in [-0.05, 0) is 44.5 Å². The number of methoxy groups -OCH3 is 1. The van der Waals surface area contributed by atoms with Crippen LogP contribution in [0, 0.1) is 5.92 Å². The van der Waals surface area contributed by atoms with Crippen LogP contribution in [0.15, 0.2) is 24.4 Å². The lowest BCUT2D eigenvalue weighted by Crippen LogP contribution is -2.71. The first-order valence-electron chi connectivity index (χ1n) is 10.0. The summed E-state index contributed by atoms with van der Waals surface area (Å²) < 4.78 is 68.8. The summed E-state index contributed by atoms with van der Waals surface area (Å²) in [6, 6.07) is 6.16. The molecular weight excluding hydrogens is 476 g/mol. The number of ether oxygens (including phenoxy) is 1. The summed E-state index contributed by atoms with van der Waals surface area (Å²) >= 11 is 0. The van der Waals surface area contributed by atoms with E-state index in [2.05, 4.69) is 34.0 Å².